The Kier molecular flexibility index (Phi) is 9.41. The van der Waals surface area contributed by atoms with Crippen LogP contribution in [0.4, 0.5) is 0 Å². The smallest absolute Gasteiger partial charge is 0.190 e. The van der Waals surface area contributed by atoms with Gasteiger partial charge in [0, 0.05) is 39.8 Å². The number of aliphatic imine (C=N–C) groups is 1. The summed E-state index contributed by atoms with van der Waals surface area (Å²) in [7, 11) is 1.84. The van der Waals surface area contributed by atoms with E-state index in [2.05, 4.69) is 34.4 Å². The molecule has 1 heterocycles. The number of unbranched alkanes of at least 4 members (excludes halogenated alkanes) is 2. The lowest BCUT2D eigenvalue weighted by molar-refractivity contribution is 0.0320. The van der Waals surface area contributed by atoms with Crippen molar-refractivity contribution < 1.29 is 4.74 Å². The number of guanidine groups is 1. The molecule has 0 amide bonds. The third-order valence-corrected chi connectivity index (χ3v) is 3.59. The van der Waals surface area contributed by atoms with E-state index in [1.165, 1.54) is 19.3 Å². The molecule has 0 saturated carbocycles. The standard InChI is InChI=1S/C15H32N4O/c1-4-5-6-7-17-15(16-3)18-12-14(2)13-19-8-10-20-11-9-19/h14H,4-13H2,1-3H3,(H2,16,17,18). The highest BCUT2D eigenvalue weighted by Gasteiger charge is 2.13. The Morgan fingerprint density at radius 2 is 2.00 bits per heavy atom. The minimum Gasteiger partial charge on any atom is -0.379 e. The van der Waals surface area contributed by atoms with Crippen molar-refractivity contribution in [3.63, 3.8) is 0 Å². The van der Waals surface area contributed by atoms with Crippen LogP contribution in [-0.2, 0) is 4.74 Å². The van der Waals surface area contributed by atoms with Gasteiger partial charge < -0.3 is 15.4 Å². The molecule has 5 nitrogen and oxygen atoms in total. The highest BCUT2D eigenvalue weighted by atomic mass is 16.5. The molecule has 1 saturated heterocycles. The highest BCUT2D eigenvalue weighted by molar-refractivity contribution is 5.79. The van der Waals surface area contributed by atoms with E-state index in [9.17, 15) is 0 Å². The lowest BCUT2D eigenvalue weighted by Crippen LogP contribution is -2.44. The summed E-state index contributed by atoms with van der Waals surface area (Å²) >= 11 is 0. The number of hydrogen-bond acceptors (Lipinski definition) is 3. The van der Waals surface area contributed by atoms with E-state index in [4.69, 9.17) is 4.74 Å². The first-order chi connectivity index (χ1) is 9.76. The van der Waals surface area contributed by atoms with Crippen LogP contribution in [0.5, 0.6) is 0 Å². The SMILES string of the molecule is CCCCCNC(=NC)NCC(C)CN1CCOCC1. The Morgan fingerprint density at radius 3 is 2.65 bits per heavy atom. The second-order valence-corrected chi connectivity index (χ2v) is 5.61. The third kappa shape index (κ3) is 7.70. The molecule has 0 aromatic rings. The first-order valence-electron chi connectivity index (χ1n) is 8.00. The van der Waals surface area contributed by atoms with Crippen LogP contribution in [0.15, 0.2) is 4.99 Å². The van der Waals surface area contributed by atoms with E-state index >= 15 is 0 Å². The first-order valence-corrected chi connectivity index (χ1v) is 8.00. The Morgan fingerprint density at radius 1 is 1.25 bits per heavy atom. The molecule has 0 bridgehead atoms. The molecule has 1 atom stereocenters. The van der Waals surface area contributed by atoms with E-state index in [0.717, 1.165) is 51.9 Å². The lowest BCUT2D eigenvalue weighted by Gasteiger charge is -2.29. The number of ether oxygens (including phenoxy) is 1. The minimum atomic E-state index is 0.613. The molecular formula is C15H32N4O. The second-order valence-electron chi connectivity index (χ2n) is 5.61. The van der Waals surface area contributed by atoms with Crippen LogP contribution < -0.4 is 10.6 Å². The van der Waals surface area contributed by atoms with Gasteiger partial charge >= 0.3 is 0 Å². The topological polar surface area (TPSA) is 48.9 Å². The van der Waals surface area contributed by atoms with Gasteiger partial charge in [0.2, 0.25) is 0 Å². The van der Waals surface area contributed by atoms with Crippen LogP contribution in [0.2, 0.25) is 0 Å². The quantitative estimate of drug-likeness (QED) is 0.401. The summed E-state index contributed by atoms with van der Waals surface area (Å²) in [6, 6.07) is 0. The van der Waals surface area contributed by atoms with Crippen LogP contribution in [0.3, 0.4) is 0 Å². The fraction of sp³-hybridized carbons (Fsp3) is 0.933. The molecule has 0 radical (unpaired) electrons. The fourth-order valence-corrected chi connectivity index (χ4v) is 2.36. The Bertz CT molecular complexity index is 265. The van der Waals surface area contributed by atoms with Crippen LogP contribution in [-0.4, -0.2) is 63.8 Å². The number of nitrogens with one attached hydrogen (secondary N) is 2. The van der Waals surface area contributed by atoms with Crippen molar-refractivity contribution in [1.29, 1.82) is 0 Å². The van der Waals surface area contributed by atoms with Gasteiger partial charge in [0.1, 0.15) is 0 Å². The summed E-state index contributed by atoms with van der Waals surface area (Å²) < 4.78 is 5.37. The van der Waals surface area contributed by atoms with Crippen LogP contribution in [0, 0.1) is 5.92 Å². The predicted molar refractivity (Wildman–Crippen MR) is 85.3 cm³/mol. The Labute approximate surface area is 124 Å². The first kappa shape index (κ1) is 17.2. The molecule has 1 aliphatic rings. The number of rotatable bonds is 8. The zero-order chi connectivity index (χ0) is 14.6. The molecule has 1 aliphatic heterocycles. The van der Waals surface area contributed by atoms with Crippen molar-refractivity contribution in [1.82, 2.24) is 15.5 Å². The van der Waals surface area contributed by atoms with Gasteiger partial charge in [-0.05, 0) is 12.3 Å². The van der Waals surface area contributed by atoms with Crippen LogP contribution in [0.25, 0.3) is 0 Å². The number of hydrogen-bond donors (Lipinski definition) is 2. The zero-order valence-electron chi connectivity index (χ0n) is 13.5. The minimum absolute atomic E-state index is 0.613. The number of nitrogens with zero attached hydrogens (tertiary/aromatic N) is 2. The molecule has 118 valence electrons. The van der Waals surface area contributed by atoms with Crippen molar-refractivity contribution in [3.8, 4) is 0 Å². The molecule has 1 rings (SSSR count). The van der Waals surface area contributed by atoms with Crippen LogP contribution in [0.1, 0.15) is 33.1 Å². The molecular weight excluding hydrogens is 252 g/mol. The van der Waals surface area contributed by atoms with E-state index in [0.29, 0.717) is 5.92 Å². The van der Waals surface area contributed by atoms with Gasteiger partial charge in [-0.3, -0.25) is 9.89 Å². The summed E-state index contributed by atoms with van der Waals surface area (Å²) in [5, 5.41) is 6.79. The Hall–Kier alpha value is -0.810. The monoisotopic (exact) mass is 284 g/mol. The molecule has 0 spiro atoms. The van der Waals surface area contributed by atoms with Crippen molar-refractivity contribution >= 4 is 5.96 Å². The van der Waals surface area contributed by atoms with Crippen molar-refractivity contribution in [2.75, 3.05) is 53.0 Å². The van der Waals surface area contributed by atoms with Gasteiger partial charge in [0.05, 0.1) is 13.2 Å². The fourth-order valence-electron chi connectivity index (χ4n) is 2.36. The van der Waals surface area contributed by atoms with Crippen molar-refractivity contribution in [2.45, 2.75) is 33.1 Å². The van der Waals surface area contributed by atoms with Gasteiger partial charge in [0.15, 0.2) is 5.96 Å². The second kappa shape index (κ2) is 10.9. The van der Waals surface area contributed by atoms with Crippen LogP contribution >= 0.6 is 0 Å². The van der Waals surface area contributed by atoms with Gasteiger partial charge in [-0.15, -0.1) is 0 Å². The maximum atomic E-state index is 5.37. The highest BCUT2D eigenvalue weighted by Crippen LogP contribution is 2.02. The summed E-state index contributed by atoms with van der Waals surface area (Å²) in [4.78, 5) is 6.74. The maximum Gasteiger partial charge on any atom is 0.190 e. The summed E-state index contributed by atoms with van der Waals surface area (Å²) in [5.41, 5.74) is 0. The zero-order valence-corrected chi connectivity index (χ0v) is 13.5. The maximum absolute atomic E-state index is 5.37. The molecule has 2 N–H and O–H groups in total. The molecule has 1 fully saturated rings. The van der Waals surface area contributed by atoms with Gasteiger partial charge in [0.25, 0.3) is 0 Å². The average Bonchev–Trinajstić information content (AvgIpc) is 2.47. The van der Waals surface area contributed by atoms with Crippen molar-refractivity contribution in [3.05, 3.63) is 0 Å². The summed E-state index contributed by atoms with van der Waals surface area (Å²) in [6.07, 6.45) is 3.74. The summed E-state index contributed by atoms with van der Waals surface area (Å²) in [5.74, 6) is 1.54. The molecule has 5 heteroatoms. The molecule has 1 unspecified atom stereocenters. The predicted octanol–water partition coefficient (Wildman–Crippen LogP) is 1.31. The third-order valence-electron chi connectivity index (χ3n) is 3.59. The van der Waals surface area contributed by atoms with E-state index in [1.54, 1.807) is 0 Å². The largest absolute Gasteiger partial charge is 0.379 e. The lowest BCUT2D eigenvalue weighted by atomic mass is 10.1. The molecule has 20 heavy (non-hydrogen) atoms. The number of morpholine rings is 1. The normalized spacial score (nSPS) is 18.9. The van der Waals surface area contributed by atoms with Gasteiger partial charge in [-0.2, -0.15) is 0 Å². The molecule has 0 aliphatic carbocycles. The summed E-state index contributed by atoms with van der Waals surface area (Å²) in [6.45, 7) is 11.5. The van der Waals surface area contributed by atoms with E-state index < -0.39 is 0 Å². The molecule has 0 aromatic carbocycles. The Balaban J connectivity index is 2.12. The van der Waals surface area contributed by atoms with E-state index in [1.807, 2.05) is 7.05 Å². The average molecular weight is 284 g/mol. The van der Waals surface area contributed by atoms with E-state index in [-0.39, 0.29) is 0 Å². The van der Waals surface area contributed by atoms with Crippen molar-refractivity contribution in [2.24, 2.45) is 10.9 Å². The van der Waals surface area contributed by atoms with Gasteiger partial charge in [-0.1, -0.05) is 26.7 Å². The van der Waals surface area contributed by atoms with Gasteiger partial charge in [-0.25, -0.2) is 0 Å². The molecule has 0 aromatic heterocycles.